The lowest BCUT2D eigenvalue weighted by Crippen LogP contribution is -2.37. The number of halogens is 1. The average Bonchev–Trinajstić information content (AvgIpc) is 3.01. The molecule has 6 heteroatoms. The van der Waals surface area contributed by atoms with E-state index in [-0.39, 0.29) is 21.6 Å². The quantitative estimate of drug-likeness (QED) is 0.699. The summed E-state index contributed by atoms with van der Waals surface area (Å²) >= 11 is 0. The summed E-state index contributed by atoms with van der Waals surface area (Å²) in [6.45, 7) is 4.75. The van der Waals surface area contributed by atoms with Crippen molar-refractivity contribution in [2.24, 2.45) is 0 Å². The predicted octanol–water partition coefficient (Wildman–Crippen LogP) is 4.11. The third-order valence-corrected chi connectivity index (χ3v) is 9.68. The molecule has 0 radical (unpaired) electrons. The third kappa shape index (κ3) is 3.53. The zero-order valence-corrected chi connectivity index (χ0v) is 17.8. The van der Waals surface area contributed by atoms with Crippen LogP contribution in [0, 0.1) is 5.82 Å². The highest BCUT2D eigenvalue weighted by atomic mass is 32.2. The van der Waals surface area contributed by atoms with Gasteiger partial charge in [0, 0.05) is 33.9 Å². The first-order valence-corrected chi connectivity index (χ1v) is 12.9. The zero-order valence-electron chi connectivity index (χ0n) is 16.2. The van der Waals surface area contributed by atoms with E-state index in [0.717, 1.165) is 27.3 Å². The Hall–Kier alpha value is -1.63. The molecule has 0 N–H and O–H groups in total. The molecule has 4 rings (SSSR count). The normalized spacial score (nSPS) is 24.0. The molecule has 2 heterocycles. The van der Waals surface area contributed by atoms with E-state index in [2.05, 4.69) is 29.6 Å². The molecule has 1 fully saturated rings. The van der Waals surface area contributed by atoms with Crippen molar-refractivity contribution in [3.63, 3.8) is 0 Å². The van der Waals surface area contributed by atoms with Gasteiger partial charge in [0.15, 0.2) is 0 Å². The number of hydrogen-bond donors (Lipinski definition) is 0. The highest BCUT2D eigenvalue weighted by Crippen LogP contribution is 2.45. The minimum Gasteiger partial charge on any atom is -0.378 e. The first-order chi connectivity index (χ1) is 13.4. The van der Waals surface area contributed by atoms with Gasteiger partial charge in [-0.05, 0) is 64.1 Å². The summed E-state index contributed by atoms with van der Waals surface area (Å²) in [7, 11) is -2.49. The van der Waals surface area contributed by atoms with Gasteiger partial charge in [-0.3, -0.25) is 4.21 Å². The van der Waals surface area contributed by atoms with Crippen LogP contribution >= 0.6 is 10.5 Å². The van der Waals surface area contributed by atoms with Gasteiger partial charge in [-0.1, -0.05) is 18.0 Å². The second-order valence-electron chi connectivity index (χ2n) is 7.38. The maximum atomic E-state index is 14.8. The molecule has 3 unspecified atom stereocenters. The number of aryl methyl sites for hydroxylation is 1. The van der Waals surface area contributed by atoms with E-state index >= 15 is 0 Å². The van der Waals surface area contributed by atoms with Crippen LogP contribution in [0.15, 0.2) is 46.2 Å². The van der Waals surface area contributed by atoms with Crippen LogP contribution in [-0.4, -0.2) is 48.0 Å². The Kier molecular flexibility index (Phi) is 5.38. The Bertz CT molecular complexity index is 1030. The standard InChI is InChI=1S/C22H26FNO2S2/c1-16(19-5-4-6-20(23)22(19)24-10-12-26-13-11-24)27(2)18-7-8-21-17(15-18)9-14-28(21,3)25/h4-8,15-16H,2-3,9-14H2,1H3. The summed E-state index contributed by atoms with van der Waals surface area (Å²) in [6, 6.07) is 11.4. The van der Waals surface area contributed by atoms with Gasteiger partial charge in [0.2, 0.25) is 0 Å². The van der Waals surface area contributed by atoms with Crippen LogP contribution in [0.5, 0.6) is 0 Å². The molecular formula is C22H26FNO2S2. The molecular weight excluding hydrogens is 393 g/mol. The minimum absolute atomic E-state index is 0.0668. The first kappa shape index (κ1) is 19.7. The molecule has 3 nitrogen and oxygen atoms in total. The lowest BCUT2D eigenvalue weighted by molar-refractivity contribution is 0.122. The molecule has 2 aromatic rings. The van der Waals surface area contributed by atoms with Gasteiger partial charge in [-0.2, -0.15) is 10.5 Å². The Balaban J connectivity index is 1.68. The number of morpholine rings is 1. The number of anilines is 1. The molecule has 0 bridgehead atoms. The second-order valence-corrected chi connectivity index (χ2v) is 11.9. The van der Waals surface area contributed by atoms with Crippen LogP contribution < -0.4 is 4.90 Å². The molecule has 2 aliphatic rings. The van der Waals surface area contributed by atoms with Crippen molar-refractivity contribution in [3.8, 4) is 0 Å². The van der Waals surface area contributed by atoms with Gasteiger partial charge in [-0.15, -0.1) is 0 Å². The maximum Gasteiger partial charge on any atom is 0.146 e. The van der Waals surface area contributed by atoms with Gasteiger partial charge in [0.05, 0.1) is 18.9 Å². The summed E-state index contributed by atoms with van der Waals surface area (Å²) < 4.78 is 32.7. The highest BCUT2D eigenvalue weighted by molar-refractivity contribution is 8.14. The van der Waals surface area contributed by atoms with Gasteiger partial charge in [0.1, 0.15) is 5.82 Å². The Morgan fingerprint density at radius 3 is 2.75 bits per heavy atom. The van der Waals surface area contributed by atoms with Crippen LogP contribution in [-0.2, 0) is 20.7 Å². The molecule has 1 saturated heterocycles. The van der Waals surface area contributed by atoms with E-state index in [1.54, 1.807) is 6.07 Å². The maximum absolute atomic E-state index is 14.8. The van der Waals surface area contributed by atoms with Gasteiger partial charge in [0.25, 0.3) is 0 Å². The number of ether oxygens (including phenoxy) is 1. The van der Waals surface area contributed by atoms with E-state index in [1.165, 1.54) is 6.07 Å². The van der Waals surface area contributed by atoms with Gasteiger partial charge in [-0.25, -0.2) is 4.39 Å². The number of fused-ring (bicyclic) bond motifs is 1. The Morgan fingerprint density at radius 2 is 2.00 bits per heavy atom. The van der Waals surface area contributed by atoms with Gasteiger partial charge >= 0.3 is 0 Å². The number of rotatable bonds is 4. The summed E-state index contributed by atoms with van der Waals surface area (Å²) in [5.74, 6) is 8.77. The average molecular weight is 420 g/mol. The van der Waals surface area contributed by atoms with Crippen molar-refractivity contribution in [2.75, 3.05) is 37.0 Å². The molecule has 0 aliphatic carbocycles. The molecule has 28 heavy (non-hydrogen) atoms. The topological polar surface area (TPSA) is 29.5 Å². The number of para-hydroxylation sites is 1. The number of benzene rings is 2. The predicted molar refractivity (Wildman–Crippen MR) is 119 cm³/mol. The smallest absolute Gasteiger partial charge is 0.146 e. The van der Waals surface area contributed by atoms with Crippen molar-refractivity contribution < 1.29 is 13.3 Å². The van der Waals surface area contributed by atoms with Crippen LogP contribution in [0.4, 0.5) is 10.1 Å². The molecule has 3 atom stereocenters. The van der Waals surface area contributed by atoms with Gasteiger partial charge < -0.3 is 9.64 Å². The van der Waals surface area contributed by atoms with Crippen molar-refractivity contribution in [1.82, 2.24) is 0 Å². The molecule has 0 spiro atoms. The number of hydrogen-bond acceptors (Lipinski definition) is 3. The van der Waals surface area contributed by atoms with Crippen LogP contribution in [0.2, 0.25) is 0 Å². The monoisotopic (exact) mass is 419 g/mol. The van der Waals surface area contributed by atoms with Crippen LogP contribution in [0.1, 0.15) is 23.3 Å². The largest absolute Gasteiger partial charge is 0.378 e. The summed E-state index contributed by atoms with van der Waals surface area (Å²) in [4.78, 5) is 4.10. The van der Waals surface area contributed by atoms with Crippen molar-refractivity contribution in [3.05, 3.63) is 53.3 Å². The van der Waals surface area contributed by atoms with E-state index < -0.39 is 9.52 Å². The van der Waals surface area contributed by atoms with Crippen molar-refractivity contribution in [2.45, 2.75) is 28.4 Å². The zero-order chi connectivity index (χ0) is 19.9. The first-order valence-electron chi connectivity index (χ1n) is 9.50. The number of nitrogens with zero attached hydrogens (tertiary/aromatic N) is 1. The van der Waals surface area contributed by atoms with E-state index in [9.17, 15) is 8.60 Å². The van der Waals surface area contributed by atoms with Crippen LogP contribution in [0.3, 0.4) is 0 Å². The molecule has 150 valence electrons. The highest BCUT2D eigenvalue weighted by Gasteiger charge is 2.25. The Morgan fingerprint density at radius 1 is 1.25 bits per heavy atom. The summed E-state index contributed by atoms with van der Waals surface area (Å²) in [5.41, 5.74) is 2.79. The van der Waals surface area contributed by atoms with Crippen molar-refractivity contribution >= 4 is 37.4 Å². The SMILES string of the molecule is C=S(c1ccc2c(c1)CCS2(=C)=O)C(C)c1cccc(F)c1N1CCOCC1. The fourth-order valence-corrected chi connectivity index (χ4v) is 7.17. The van der Waals surface area contributed by atoms with E-state index in [1.807, 2.05) is 18.2 Å². The van der Waals surface area contributed by atoms with Crippen molar-refractivity contribution in [1.29, 1.82) is 0 Å². The minimum atomic E-state index is -2.13. The van der Waals surface area contributed by atoms with Crippen LogP contribution in [0.25, 0.3) is 0 Å². The summed E-state index contributed by atoms with van der Waals surface area (Å²) in [6.07, 6.45) is 0.802. The fraction of sp³-hybridized carbons (Fsp3) is 0.364. The Labute approximate surface area is 169 Å². The molecule has 0 amide bonds. The lowest BCUT2D eigenvalue weighted by Gasteiger charge is -2.32. The molecule has 2 aromatic carbocycles. The van der Waals surface area contributed by atoms with E-state index in [0.29, 0.717) is 37.7 Å². The molecule has 0 aromatic heterocycles. The second kappa shape index (κ2) is 7.65. The molecule has 2 aliphatic heterocycles. The fourth-order valence-electron chi connectivity index (χ4n) is 4.00. The van der Waals surface area contributed by atoms with E-state index in [4.69, 9.17) is 4.74 Å². The molecule has 0 saturated carbocycles. The third-order valence-electron chi connectivity index (χ3n) is 5.65. The lowest BCUT2D eigenvalue weighted by atomic mass is 10.1. The summed E-state index contributed by atoms with van der Waals surface area (Å²) in [5, 5.41) is 0.0668.